The van der Waals surface area contributed by atoms with Gasteiger partial charge in [0.25, 0.3) is 5.91 Å². The molecule has 1 amide bonds. The molecule has 6 heterocycles. The summed E-state index contributed by atoms with van der Waals surface area (Å²) in [6.45, 7) is 13.9. The molecule has 17 heteroatoms. The lowest BCUT2D eigenvalue weighted by molar-refractivity contribution is -0.164. The van der Waals surface area contributed by atoms with Crippen molar-refractivity contribution in [1.82, 2.24) is 35.0 Å². The van der Waals surface area contributed by atoms with Crippen LogP contribution in [-0.2, 0) is 13.0 Å². The lowest BCUT2D eigenvalue weighted by Gasteiger charge is -2.63. The Morgan fingerprint density at radius 1 is 0.985 bits per heavy atom. The number of aliphatic hydroxyl groups excluding tert-OH is 1. The Hall–Kier alpha value is -6.64. The molecule has 16 nitrogen and oxygen atoms in total. The van der Waals surface area contributed by atoms with Gasteiger partial charge >= 0.3 is 0 Å². The van der Waals surface area contributed by atoms with Crippen LogP contribution >= 0.6 is 11.3 Å². The van der Waals surface area contributed by atoms with Crippen LogP contribution in [-0.4, -0.2) is 84.9 Å². The van der Waals surface area contributed by atoms with E-state index in [1.807, 2.05) is 26.0 Å². The number of oxazole rings is 1. The Morgan fingerprint density at radius 3 is 2.36 bits per heavy atom. The molecule has 2 saturated carbocycles. The summed E-state index contributed by atoms with van der Waals surface area (Å²) in [6.07, 6.45) is 10.8. The molecule has 6 aromatic rings. The molecule has 1 atom stereocenters. The summed E-state index contributed by atoms with van der Waals surface area (Å²) < 4.78 is 26.1. The molecule has 4 aromatic heterocycles. The summed E-state index contributed by atoms with van der Waals surface area (Å²) in [7, 11) is 1.53. The molecular weight excluding hydrogens is 869 g/mol. The molecule has 3 fully saturated rings. The maximum Gasteiger partial charge on any atom is 0.254 e. The van der Waals surface area contributed by atoms with Crippen LogP contribution in [0.25, 0.3) is 5.00 Å². The highest BCUT2D eigenvalue weighted by Crippen LogP contribution is 2.56. The maximum atomic E-state index is 13.6. The van der Waals surface area contributed by atoms with E-state index in [9.17, 15) is 15.2 Å². The fourth-order valence-electron chi connectivity index (χ4n) is 11.2. The van der Waals surface area contributed by atoms with Crippen molar-refractivity contribution in [3.8, 4) is 28.3 Å². The normalized spacial score (nSPS) is 21.1. The number of piperidine rings is 1. The van der Waals surface area contributed by atoms with Crippen LogP contribution in [0, 0.1) is 41.4 Å². The molecule has 4 aliphatic rings. The molecule has 2 N–H and O–H groups in total. The average molecular weight is 923 g/mol. The Kier molecular flexibility index (Phi) is 11.2. The van der Waals surface area contributed by atoms with Gasteiger partial charge in [-0.25, -0.2) is 15.0 Å². The van der Waals surface area contributed by atoms with E-state index in [0.29, 0.717) is 46.7 Å². The summed E-state index contributed by atoms with van der Waals surface area (Å²) in [5.41, 5.74) is 4.00. The van der Waals surface area contributed by atoms with E-state index < -0.39 is 0 Å². The molecule has 346 valence electrons. The van der Waals surface area contributed by atoms with Crippen LogP contribution in [0.1, 0.15) is 114 Å². The van der Waals surface area contributed by atoms with Gasteiger partial charge in [-0.05, 0) is 86.9 Å². The number of anilines is 1. The van der Waals surface area contributed by atoms with Crippen LogP contribution in [0.2, 0.25) is 0 Å². The number of aryl methyl sites for hydroxylation is 1. The monoisotopic (exact) mass is 922 g/mol. The first-order chi connectivity index (χ1) is 32.2. The number of hydrogen-bond acceptors (Lipinski definition) is 15. The first kappa shape index (κ1) is 44.2. The Morgan fingerprint density at radius 2 is 1.70 bits per heavy atom. The van der Waals surface area contributed by atoms with Gasteiger partial charge < -0.3 is 34.0 Å². The third-order valence-electron chi connectivity index (χ3n) is 14.5. The third-order valence-corrected chi connectivity index (χ3v) is 15.8. The SMILES string of the molecule is COc1cc(OC2C(C)(C)C(NC(=O)c3cnc(N4CCC5(CC4)CC(Oc4ccc(C6=N[C@@H](Cc7ncco7)c7nnc(C)n7-c7sc(CO)c(C)c76)cc4)C5)nc3)C2(C)C)ccc1C#N. The number of carbonyl (C=O) groups is 1. The predicted octanol–water partition coefficient (Wildman–Crippen LogP) is 7.67. The van der Waals surface area contributed by atoms with E-state index in [-0.39, 0.29) is 53.1 Å². The van der Waals surface area contributed by atoms with E-state index in [2.05, 4.69) is 85.8 Å². The Bertz CT molecular complexity index is 2870. The third kappa shape index (κ3) is 7.79. The zero-order chi connectivity index (χ0) is 46.8. The van der Waals surface area contributed by atoms with Crippen molar-refractivity contribution in [1.29, 1.82) is 5.26 Å². The zero-order valence-corrected chi connectivity index (χ0v) is 39.6. The van der Waals surface area contributed by atoms with Crippen LogP contribution < -0.4 is 24.4 Å². The van der Waals surface area contributed by atoms with E-state index in [1.165, 1.54) is 18.4 Å². The number of thiophene rings is 1. The van der Waals surface area contributed by atoms with Crippen LogP contribution in [0.3, 0.4) is 0 Å². The number of aromatic nitrogens is 6. The van der Waals surface area contributed by atoms with Gasteiger partial charge in [-0.1, -0.05) is 27.7 Å². The van der Waals surface area contributed by atoms with E-state index in [4.69, 9.17) is 23.6 Å². The summed E-state index contributed by atoms with van der Waals surface area (Å²) in [4.78, 5) is 35.6. The molecule has 0 unspecified atom stereocenters. The number of aliphatic hydroxyl groups is 1. The minimum Gasteiger partial charge on any atom is -0.495 e. The molecule has 1 spiro atoms. The highest BCUT2D eigenvalue weighted by molar-refractivity contribution is 7.15. The standard InChI is InChI=1S/C50H54N10O6S/c1-28-38(27-61)67-44-40(28)41(55-36(21-39-52-16-19-64-39)42-58-57-29(2)60(42)44)30-8-11-33(12-9-30)65-35-22-50(23-35)14-17-59(18-15-50)47-53-25-32(26-54-47)43(62)56-45-48(3,4)46(49(45,5)6)66-34-13-10-31(24-51)37(20-34)63-7/h8-13,16,19-20,25-26,35-36,45-46,61H,14-15,17-18,21-23,27H2,1-7H3,(H,56,62)/t36-,45?,46?/m0/s1. The molecule has 2 aliphatic carbocycles. The van der Waals surface area contributed by atoms with Crippen molar-refractivity contribution >= 4 is 28.9 Å². The lowest BCUT2D eigenvalue weighted by Crippen LogP contribution is -2.74. The van der Waals surface area contributed by atoms with Crippen molar-refractivity contribution < 1.29 is 28.5 Å². The predicted molar refractivity (Wildman–Crippen MR) is 250 cm³/mol. The summed E-state index contributed by atoms with van der Waals surface area (Å²) in [6, 6.07) is 15.0. The van der Waals surface area contributed by atoms with Crippen LogP contribution in [0.5, 0.6) is 17.2 Å². The summed E-state index contributed by atoms with van der Waals surface area (Å²) in [5, 5.41) is 32.8. The van der Waals surface area contributed by atoms with Gasteiger partial charge in [-0.2, -0.15) is 5.26 Å². The summed E-state index contributed by atoms with van der Waals surface area (Å²) >= 11 is 1.54. The molecule has 67 heavy (non-hydrogen) atoms. The second-order valence-corrected chi connectivity index (χ2v) is 20.6. The van der Waals surface area contributed by atoms with Crippen LogP contribution in [0.15, 0.2) is 76.7 Å². The largest absolute Gasteiger partial charge is 0.495 e. The molecule has 1 saturated heterocycles. The molecule has 2 aromatic carbocycles. The van der Waals surface area contributed by atoms with E-state index in [0.717, 1.165) is 82.6 Å². The number of hydrogen-bond donors (Lipinski definition) is 2. The van der Waals surface area contributed by atoms with Gasteiger partial charge in [0.1, 0.15) is 52.6 Å². The molecular formula is C50H54N10O6S. The maximum absolute atomic E-state index is 13.6. The van der Waals surface area contributed by atoms with Crippen molar-refractivity contribution in [3.63, 3.8) is 0 Å². The van der Waals surface area contributed by atoms with Crippen molar-refractivity contribution in [3.05, 3.63) is 118 Å². The second kappa shape index (κ2) is 16.9. The number of aliphatic imine (C=N–C) groups is 1. The number of nitriles is 1. The number of carbonyl (C=O) groups excluding carboxylic acids is 1. The number of benzene rings is 2. The summed E-state index contributed by atoms with van der Waals surface area (Å²) in [5.74, 6) is 4.32. The van der Waals surface area contributed by atoms with Gasteiger partial charge in [0.05, 0.1) is 49.3 Å². The average Bonchev–Trinajstić information content (AvgIpc) is 4.04. The van der Waals surface area contributed by atoms with Crippen LogP contribution in [0.4, 0.5) is 5.95 Å². The van der Waals surface area contributed by atoms with Gasteiger partial charge in [-0.15, -0.1) is 21.5 Å². The Balaban J connectivity index is 0.741. The number of methoxy groups -OCH3 is 1. The fraction of sp³-hybridized carbons (Fsp3) is 0.440. The number of nitrogens with one attached hydrogen (secondary N) is 1. The minimum absolute atomic E-state index is 0.0693. The lowest BCUT2D eigenvalue weighted by atomic mass is 9.49. The quantitative estimate of drug-likeness (QED) is 0.121. The van der Waals surface area contributed by atoms with E-state index >= 15 is 0 Å². The first-order valence-corrected chi connectivity index (χ1v) is 23.6. The van der Waals surface area contributed by atoms with E-state index in [1.54, 1.807) is 43.1 Å². The topological polar surface area (TPSA) is 199 Å². The number of nitrogens with zero attached hydrogens (tertiary/aromatic N) is 9. The molecule has 2 aliphatic heterocycles. The minimum atomic E-state index is -0.389. The van der Waals surface area contributed by atoms with Crippen molar-refractivity contribution in [2.45, 2.75) is 105 Å². The van der Waals surface area contributed by atoms with Crippen molar-refractivity contribution in [2.24, 2.45) is 21.2 Å². The van der Waals surface area contributed by atoms with Gasteiger partial charge in [0, 0.05) is 64.4 Å². The molecule has 0 radical (unpaired) electrons. The zero-order valence-electron chi connectivity index (χ0n) is 38.7. The number of amides is 1. The first-order valence-electron chi connectivity index (χ1n) is 22.7. The highest BCUT2D eigenvalue weighted by atomic mass is 32.1. The number of rotatable bonds is 12. The molecule has 10 rings (SSSR count). The second-order valence-electron chi connectivity index (χ2n) is 19.5. The fourth-order valence-corrected chi connectivity index (χ4v) is 12.4. The number of ether oxygens (including phenoxy) is 3. The number of fused-ring (bicyclic) bond motifs is 3. The van der Waals surface area contributed by atoms with Crippen molar-refractivity contribution in [2.75, 3.05) is 25.1 Å². The van der Waals surface area contributed by atoms with Gasteiger partial charge in [-0.3, -0.25) is 14.4 Å². The highest BCUT2D eigenvalue weighted by Gasteiger charge is 2.64. The van der Waals surface area contributed by atoms with Gasteiger partial charge in [0.2, 0.25) is 5.95 Å². The Labute approximate surface area is 393 Å². The smallest absolute Gasteiger partial charge is 0.254 e. The van der Waals surface area contributed by atoms with Gasteiger partial charge in [0.15, 0.2) is 11.7 Å². The molecule has 0 bridgehead atoms.